The van der Waals surface area contributed by atoms with E-state index >= 15 is 0 Å². The van der Waals surface area contributed by atoms with Crippen LogP contribution in [0.25, 0.3) is 33.5 Å². The van der Waals surface area contributed by atoms with E-state index in [4.69, 9.17) is 14.5 Å². The van der Waals surface area contributed by atoms with Crippen LogP contribution in [-0.4, -0.2) is 72.5 Å². The van der Waals surface area contributed by atoms with E-state index in [1.54, 1.807) is 7.11 Å². The summed E-state index contributed by atoms with van der Waals surface area (Å²) in [5, 5.41) is 11.4. The lowest BCUT2D eigenvalue weighted by molar-refractivity contribution is 0.0374. The molecule has 8 heteroatoms. The molecule has 1 saturated heterocycles. The van der Waals surface area contributed by atoms with Crippen LogP contribution in [0.2, 0.25) is 0 Å². The van der Waals surface area contributed by atoms with Gasteiger partial charge in [0, 0.05) is 30.8 Å². The molecule has 2 N–H and O–H groups in total. The van der Waals surface area contributed by atoms with E-state index in [2.05, 4.69) is 20.4 Å². The Balaban J connectivity index is 1.44. The molecule has 1 fully saturated rings. The molecule has 35 heavy (non-hydrogen) atoms. The summed E-state index contributed by atoms with van der Waals surface area (Å²) in [5.74, 6) is 0.631. The third-order valence-corrected chi connectivity index (χ3v) is 6.26. The number of carbonyl (C=O) groups excluding carboxylic acids is 1. The first-order chi connectivity index (χ1) is 17.2. The highest BCUT2D eigenvalue weighted by molar-refractivity contribution is 6.10. The van der Waals surface area contributed by atoms with Gasteiger partial charge in [-0.05, 0) is 43.3 Å². The molecule has 8 nitrogen and oxygen atoms in total. The van der Waals surface area contributed by atoms with Crippen LogP contribution in [-0.2, 0) is 4.74 Å². The predicted octanol–water partition coefficient (Wildman–Crippen LogP) is 3.75. The fourth-order valence-electron chi connectivity index (χ4n) is 4.35. The number of hydrogen-bond acceptors (Lipinski definition) is 6. The molecule has 1 amide bonds. The number of nitrogens with one attached hydrogen (secondary N) is 2. The fraction of sp³-hybridized carbons (Fsp3) is 0.296. The topological polar surface area (TPSA) is 92.4 Å². The number of ether oxygens (including phenoxy) is 2. The molecule has 0 atom stereocenters. The summed E-state index contributed by atoms with van der Waals surface area (Å²) in [6, 6.07) is 19.4. The number of aromatic nitrogens is 3. The van der Waals surface area contributed by atoms with Crippen molar-refractivity contribution in [3.8, 4) is 28.3 Å². The zero-order valence-electron chi connectivity index (χ0n) is 19.8. The Morgan fingerprint density at radius 1 is 1.09 bits per heavy atom. The molecule has 4 aromatic rings. The standard InChI is InChI=1S/C27H29N5O3/c1-34-21-10-8-19(9-11-21)23-18-22(27(33)28-12-5-13-32-14-16-35-17-15-32)24-25(30-31-26(24)29-23)20-6-3-2-4-7-20/h2-4,6-11,18H,5,12-17H2,1H3,(H,28,33)(H,29,30,31). The second kappa shape index (κ2) is 10.7. The zero-order chi connectivity index (χ0) is 24.0. The van der Waals surface area contributed by atoms with E-state index in [0.717, 1.165) is 67.2 Å². The van der Waals surface area contributed by atoms with Crippen molar-refractivity contribution < 1.29 is 14.3 Å². The number of pyridine rings is 1. The van der Waals surface area contributed by atoms with Gasteiger partial charge >= 0.3 is 0 Å². The third-order valence-electron chi connectivity index (χ3n) is 6.26. The lowest BCUT2D eigenvalue weighted by Crippen LogP contribution is -2.38. The van der Waals surface area contributed by atoms with Crippen LogP contribution in [0.1, 0.15) is 16.8 Å². The van der Waals surface area contributed by atoms with Crippen molar-refractivity contribution in [3.05, 3.63) is 66.2 Å². The largest absolute Gasteiger partial charge is 0.497 e. The van der Waals surface area contributed by atoms with Gasteiger partial charge in [-0.2, -0.15) is 5.10 Å². The fourth-order valence-corrected chi connectivity index (χ4v) is 4.35. The van der Waals surface area contributed by atoms with E-state index < -0.39 is 0 Å². The maximum absolute atomic E-state index is 13.4. The average molecular weight is 472 g/mol. The minimum absolute atomic E-state index is 0.132. The zero-order valence-corrected chi connectivity index (χ0v) is 19.8. The van der Waals surface area contributed by atoms with Crippen molar-refractivity contribution in [1.29, 1.82) is 0 Å². The van der Waals surface area contributed by atoms with Gasteiger partial charge in [-0.3, -0.25) is 14.8 Å². The summed E-state index contributed by atoms with van der Waals surface area (Å²) >= 11 is 0. The van der Waals surface area contributed by atoms with Gasteiger partial charge in [0.2, 0.25) is 0 Å². The molecular weight excluding hydrogens is 442 g/mol. The first-order valence-corrected chi connectivity index (χ1v) is 11.9. The number of fused-ring (bicyclic) bond motifs is 1. The maximum Gasteiger partial charge on any atom is 0.252 e. The Bertz CT molecular complexity index is 1280. The molecule has 2 aromatic carbocycles. The summed E-state index contributed by atoms with van der Waals surface area (Å²) in [4.78, 5) is 20.6. The van der Waals surface area contributed by atoms with Crippen molar-refractivity contribution in [2.75, 3.05) is 46.5 Å². The molecule has 0 aliphatic carbocycles. The van der Waals surface area contributed by atoms with Gasteiger partial charge < -0.3 is 14.8 Å². The van der Waals surface area contributed by atoms with E-state index in [0.29, 0.717) is 23.4 Å². The lowest BCUT2D eigenvalue weighted by Gasteiger charge is -2.26. The molecule has 1 aliphatic rings. The second-order valence-electron chi connectivity index (χ2n) is 8.51. The minimum Gasteiger partial charge on any atom is -0.497 e. The van der Waals surface area contributed by atoms with E-state index in [1.165, 1.54) is 0 Å². The van der Waals surface area contributed by atoms with E-state index in [9.17, 15) is 4.79 Å². The SMILES string of the molecule is COc1ccc(-c2cc(C(=O)NCCCN3CCOCC3)c3c(-c4ccccc4)[nH]nc3n2)cc1. The van der Waals surface area contributed by atoms with Crippen LogP contribution in [0.3, 0.4) is 0 Å². The van der Waals surface area contributed by atoms with Gasteiger partial charge in [-0.1, -0.05) is 30.3 Å². The van der Waals surface area contributed by atoms with Crippen LogP contribution < -0.4 is 10.1 Å². The van der Waals surface area contributed by atoms with Gasteiger partial charge in [0.25, 0.3) is 5.91 Å². The van der Waals surface area contributed by atoms with E-state index in [-0.39, 0.29) is 5.91 Å². The average Bonchev–Trinajstić information content (AvgIpc) is 3.36. The summed E-state index contributed by atoms with van der Waals surface area (Å²) in [6.07, 6.45) is 0.877. The molecule has 0 unspecified atom stereocenters. The van der Waals surface area contributed by atoms with Gasteiger partial charge in [-0.15, -0.1) is 0 Å². The Morgan fingerprint density at radius 3 is 2.60 bits per heavy atom. The summed E-state index contributed by atoms with van der Waals surface area (Å²) < 4.78 is 10.7. The van der Waals surface area contributed by atoms with Gasteiger partial charge in [0.15, 0.2) is 5.65 Å². The molecule has 2 aromatic heterocycles. The molecule has 1 aliphatic heterocycles. The molecule has 3 heterocycles. The number of nitrogens with zero attached hydrogens (tertiary/aromatic N) is 3. The van der Waals surface area contributed by atoms with E-state index in [1.807, 2.05) is 60.7 Å². The second-order valence-corrected chi connectivity index (χ2v) is 8.51. The number of morpholine rings is 1. The molecular formula is C27H29N5O3. The van der Waals surface area contributed by atoms with Crippen molar-refractivity contribution in [1.82, 2.24) is 25.4 Å². The highest BCUT2D eigenvalue weighted by atomic mass is 16.5. The number of benzene rings is 2. The smallest absolute Gasteiger partial charge is 0.252 e. The Labute approximate surface area is 204 Å². The van der Waals surface area contributed by atoms with Crippen molar-refractivity contribution >= 4 is 16.9 Å². The maximum atomic E-state index is 13.4. The monoisotopic (exact) mass is 471 g/mol. The normalized spacial score (nSPS) is 14.2. The first-order valence-electron chi connectivity index (χ1n) is 11.9. The predicted molar refractivity (Wildman–Crippen MR) is 136 cm³/mol. The van der Waals surface area contributed by atoms with Crippen molar-refractivity contribution in [2.45, 2.75) is 6.42 Å². The van der Waals surface area contributed by atoms with Gasteiger partial charge in [-0.25, -0.2) is 4.98 Å². The number of aromatic amines is 1. The minimum atomic E-state index is -0.132. The van der Waals surface area contributed by atoms with Crippen LogP contribution in [0.4, 0.5) is 0 Å². The van der Waals surface area contributed by atoms with Crippen LogP contribution >= 0.6 is 0 Å². The number of methoxy groups -OCH3 is 1. The summed E-state index contributed by atoms with van der Waals surface area (Å²) in [6.45, 7) is 4.97. The highest BCUT2D eigenvalue weighted by Gasteiger charge is 2.20. The van der Waals surface area contributed by atoms with Crippen molar-refractivity contribution in [3.63, 3.8) is 0 Å². The van der Waals surface area contributed by atoms with Crippen LogP contribution in [0, 0.1) is 0 Å². The van der Waals surface area contributed by atoms with Gasteiger partial charge in [0.1, 0.15) is 5.75 Å². The summed E-state index contributed by atoms with van der Waals surface area (Å²) in [7, 11) is 1.63. The Hall–Kier alpha value is -3.75. The number of carbonyl (C=O) groups is 1. The quantitative estimate of drug-likeness (QED) is 0.380. The first kappa shape index (κ1) is 23.0. The number of amides is 1. The molecule has 0 bridgehead atoms. The van der Waals surface area contributed by atoms with Crippen LogP contribution in [0.15, 0.2) is 60.7 Å². The van der Waals surface area contributed by atoms with Crippen molar-refractivity contribution in [2.24, 2.45) is 0 Å². The Morgan fingerprint density at radius 2 is 1.86 bits per heavy atom. The molecule has 0 spiro atoms. The Kier molecular flexibility index (Phi) is 7.02. The van der Waals surface area contributed by atoms with Crippen LogP contribution in [0.5, 0.6) is 5.75 Å². The summed E-state index contributed by atoms with van der Waals surface area (Å²) in [5.41, 5.74) is 4.38. The third kappa shape index (κ3) is 5.18. The molecule has 0 radical (unpaired) electrons. The number of hydrogen-bond donors (Lipinski definition) is 2. The van der Waals surface area contributed by atoms with Gasteiger partial charge in [0.05, 0.1) is 42.7 Å². The molecule has 5 rings (SSSR count). The highest BCUT2D eigenvalue weighted by Crippen LogP contribution is 2.31. The molecule has 180 valence electrons. The lowest BCUT2D eigenvalue weighted by atomic mass is 10.0. The molecule has 0 saturated carbocycles. The number of H-pyrrole nitrogens is 1. The number of rotatable bonds is 8.